The van der Waals surface area contributed by atoms with Gasteiger partial charge in [-0.2, -0.15) is 0 Å². The monoisotopic (exact) mass is 349 g/mol. The minimum absolute atomic E-state index is 0.0755. The zero-order valence-electron chi connectivity index (χ0n) is 13.7. The van der Waals surface area contributed by atoms with E-state index in [4.69, 9.17) is 9.26 Å². The number of rotatable bonds is 3. The quantitative estimate of drug-likeness (QED) is 0.708. The second-order valence-electron chi connectivity index (χ2n) is 5.77. The average molecular weight is 349 g/mol. The number of hydrogen-bond acceptors (Lipinski definition) is 5. The highest BCUT2D eigenvalue weighted by molar-refractivity contribution is 5.98. The molecule has 1 aromatic heterocycles. The van der Waals surface area contributed by atoms with Gasteiger partial charge in [-0.05, 0) is 23.8 Å². The zero-order chi connectivity index (χ0) is 17.9. The number of hydrogen-bond donors (Lipinski definition) is 2. The van der Waals surface area contributed by atoms with Crippen molar-refractivity contribution < 1.29 is 18.8 Å². The fourth-order valence-electron chi connectivity index (χ4n) is 2.70. The first kappa shape index (κ1) is 15.9. The summed E-state index contributed by atoms with van der Waals surface area (Å²) in [5.41, 5.74) is 7.02. The third kappa shape index (κ3) is 3.14. The summed E-state index contributed by atoms with van der Waals surface area (Å²) >= 11 is 0. The van der Waals surface area contributed by atoms with Crippen molar-refractivity contribution in [3.8, 4) is 17.1 Å². The molecule has 0 saturated carbocycles. The molecule has 1 aliphatic rings. The molecule has 130 valence electrons. The van der Waals surface area contributed by atoms with Crippen molar-refractivity contribution in [3.63, 3.8) is 0 Å². The Morgan fingerprint density at radius 1 is 0.962 bits per heavy atom. The van der Waals surface area contributed by atoms with Gasteiger partial charge < -0.3 is 9.26 Å². The maximum absolute atomic E-state index is 12.2. The maximum Gasteiger partial charge on any atom is 0.291 e. The van der Waals surface area contributed by atoms with Gasteiger partial charge in [-0.15, -0.1) is 0 Å². The second kappa shape index (κ2) is 6.72. The van der Waals surface area contributed by atoms with Gasteiger partial charge in [0.05, 0.1) is 6.61 Å². The van der Waals surface area contributed by atoms with Gasteiger partial charge in [-0.3, -0.25) is 20.4 Å². The van der Waals surface area contributed by atoms with Gasteiger partial charge >= 0.3 is 0 Å². The molecule has 0 bridgehead atoms. The number of nitrogens with zero attached hydrogens (tertiary/aromatic N) is 1. The van der Waals surface area contributed by atoms with Gasteiger partial charge in [0.25, 0.3) is 11.8 Å². The van der Waals surface area contributed by atoms with E-state index in [0.29, 0.717) is 17.9 Å². The zero-order valence-corrected chi connectivity index (χ0v) is 13.7. The predicted molar refractivity (Wildman–Crippen MR) is 92.5 cm³/mol. The predicted octanol–water partition coefficient (Wildman–Crippen LogP) is 2.35. The Labute approximate surface area is 148 Å². The van der Waals surface area contributed by atoms with Crippen LogP contribution in [0.25, 0.3) is 11.3 Å². The molecule has 7 heteroatoms. The van der Waals surface area contributed by atoms with E-state index >= 15 is 0 Å². The topological polar surface area (TPSA) is 93.5 Å². The number of aromatic nitrogens is 1. The lowest BCUT2D eigenvalue weighted by atomic mass is 10.1. The van der Waals surface area contributed by atoms with Crippen LogP contribution in [-0.4, -0.2) is 23.6 Å². The molecular weight excluding hydrogens is 334 g/mol. The van der Waals surface area contributed by atoms with Crippen molar-refractivity contribution in [1.82, 2.24) is 16.0 Å². The van der Waals surface area contributed by atoms with Crippen molar-refractivity contribution in [3.05, 3.63) is 71.4 Å². The number of amides is 2. The second-order valence-corrected chi connectivity index (χ2v) is 5.77. The van der Waals surface area contributed by atoms with Gasteiger partial charge in [0, 0.05) is 23.6 Å². The normalized spacial score (nSPS) is 12.2. The van der Waals surface area contributed by atoms with Crippen LogP contribution in [0, 0.1) is 0 Å². The van der Waals surface area contributed by atoms with E-state index in [2.05, 4.69) is 16.0 Å². The Balaban J connectivity index is 1.39. The number of benzene rings is 2. The summed E-state index contributed by atoms with van der Waals surface area (Å²) in [6.45, 7) is 0.618. The van der Waals surface area contributed by atoms with E-state index in [1.54, 1.807) is 18.2 Å². The molecule has 4 rings (SSSR count). The molecule has 0 spiro atoms. The van der Waals surface area contributed by atoms with Crippen LogP contribution in [0.15, 0.2) is 59.1 Å². The molecule has 3 aromatic rings. The third-order valence-electron chi connectivity index (χ3n) is 4.04. The lowest BCUT2D eigenvalue weighted by molar-refractivity contribution is 0.0841. The van der Waals surface area contributed by atoms with E-state index < -0.39 is 11.8 Å². The third-order valence-corrected chi connectivity index (χ3v) is 4.04. The molecule has 2 aromatic carbocycles. The minimum atomic E-state index is -0.561. The highest BCUT2D eigenvalue weighted by Gasteiger charge is 2.17. The Hall–Kier alpha value is -3.61. The summed E-state index contributed by atoms with van der Waals surface area (Å²) in [6.07, 6.45) is 0.768. The Morgan fingerprint density at radius 3 is 2.62 bits per heavy atom. The Bertz CT molecular complexity index is 966. The SMILES string of the molecule is O=C(NNC(=O)c1cc(-c2ccccc2)on1)c1ccc2c(c1)CCO2. The summed E-state index contributed by atoms with van der Waals surface area (Å²) < 4.78 is 10.6. The van der Waals surface area contributed by atoms with Crippen molar-refractivity contribution in [2.75, 3.05) is 6.61 Å². The molecule has 2 amide bonds. The van der Waals surface area contributed by atoms with Crippen LogP contribution in [-0.2, 0) is 6.42 Å². The molecule has 1 aliphatic heterocycles. The van der Waals surface area contributed by atoms with Gasteiger partial charge in [0.2, 0.25) is 0 Å². The lowest BCUT2D eigenvalue weighted by Gasteiger charge is -2.06. The summed E-state index contributed by atoms with van der Waals surface area (Å²) in [5, 5.41) is 3.74. The van der Waals surface area contributed by atoms with Crippen LogP contribution in [0.4, 0.5) is 0 Å². The first-order valence-electron chi connectivity index (χ1n) is 8.09. The lowest BCUT2D eigenvalue weighted by Crippen LogP contribution is -2.41. The highest BCUT2D eigenvalue weighted by Crippen LogP contribution is 2.25. The molecule has 0 atom stereocenters. The first-order valence-corrected chi connectivity index (χ1v) is 8.09. The Kier molecular flexibility index (Phi) is 4.10. The summed E-state index contributed by atoms with van der Waals surface area (Å²) in [5.74, 6) is 0.288. The largest absolute Gasteiger partial charge is 0.493 e. The first-order chi connectivity index (χ1) is 12.7. The molecule has 0 radical (unpaired) electrons. The van der Waals surface area contributed by atoms with Crippen LogP contribution < -0.4 is 15.6 Å². The van der Waals surface area contributed by atoms with Crippen LogP contribution in [0.3, 0.4) is 0 Å². The van der Waals surface area contributed by atoms with Crippen LogP contribution in [0.1, 0.15) is 26.4 Å². The number of nitrogens with one attached hydrogen (secondary N) is 2. The number of carbonyl (C=O) groups is 2. The van der Waals surface area contributed by atoms with Crippen LogP contribution >= 0.6 is 0 Å². The summed E-state index contributed by atoms with van der Waals surface area (Å²) in [6, 6.07) is 16.0. The van der Waals surface area contributed by atoms with Gasteiger partial charge in [0.1, 0.15) is 5.75 Å². The molecule has 7 nitrogen and oxygen atoms in total. The fourth-order valence-corrected chi connectivity index (χ4v) is 2.70. The maximum atomic E-state index is 12.2. The molecular formula is C19H15N3O4. The van der Waals surface area contributed by atoms with Crippen LogP contribution in [0.5, 0.6) is 5.75 Å². The van der Waals surface area contributed by atoms with E-state index in [1.165, 1.54) is 6.07 Å². The fraction of sp³-hybridized carbons (Fsp3) is 0.105. The smallest absolute Gasteiger partial charge is 0.291 e. The molecule has 0 saturated heterocycles. The number of carbonyl (C=O) groups excluding carboxylic acids is 2. The molecule has 2 N–H and O–H groups in total. The molecule has 0 unspecified atom stereocenters. The van der Waals surface area contributed by atoms with E-state index in [0.717, 1.165) is 23.3 Å². The van der Waals surface area contributed by atoms with Gasteiger partial charge in [-0.1, -0.05) is 35.5 Å². The summed E-state index contributed by atoms with van der Waals surface area (Å²) in [4.78, 5) is 24.3. The van der Waals surface area contributed by atoms with E-state index in [-0.39, 0.29) is 5.69 Å². The Morgan fingerprint density at radius 2 is 1.77 bits per heavy atom. The van der Waals surface area contributed by atoms with E-state index in [9.17, 15) is 9.59 Å². The minimum Gasteiger partial charge on any atom is -0.493 e. The van der Waals surface area contributed by atoms with Crippen molar-refractivity contribution in [2.24, 2.45) is 0 Å². The highest BCUT2D eigenvalue weighted by atomic mass is 16.5. The molecule has 0 fully saturated rings. The van der Waals surface area contributed by atoms with Crippen LogP contribution in [0.2, 0.25) is 0 Å². The summed E-state index contributed by atoms with van der Waals surface area (Å²) in [7, 11) is 0. The molecule has 2 heterocycles. The van der Waals surface area contributed by atoms with Crippen molar-refractivity contribution in [2.45, 2.75) is 6.42 Å². The van der Waals surface area contributed by atoms with Crippen molar-refractivity contribution in [1.29, 1.82) is 0 Å². The van der Waals surface area contributed by atoms with Crippen molar-refractivity contribution >= 4 is 11.8 Å². The number of ether oxygens (including phenoxy) is 1. The van der Waals surface area contributed by atoms with Gasteiger partial charge in [-0.25, -0.2) is 0 Å². The molecule has 26 heavy (non-hydrogen) atoms. The van der Waals surface area contributed by atoms with E-state index in [1.807, 2.05) is 30.3 Å². The number of fused-ring (bicyclic) bond motifs is 1. The standard InChI is InChI=1S/C19H15N3O4/c23-18(14-6-7-16-13(10-14)8-9-25-16)20-21-19(24)15-11-17(26-22-15)12-4-2-1-3-5-12/h1-7,10-11H,8-9H2,(H,20,23)(H,21,24). The van der Waals surface area contributed by atoms with Gasteiger partial charge in [0.15, 0.2) is 11.5 Å². The average Bonchev–Trinajstić information content (AvgIpc) is 3.35. The molecule has 0 aliphatic carbocycles. The number of hydrazine groups is 1.